The standard InChI is InChI=1S/C9H14N2OSi/c1-13(2,3)12-11-8-9-6-4-5-7-10-9/h4-8H,1-3H3. The van der Waals surface area contributed by atoms with E-state index >= 15 is 0 Å². The first-order chi connectivity index (χ1) is 6.08. The van der Waals surface area contributed by atoms with Gasteiger partial charge in [0.1, 0.15) is 0 Å². The fourth-order valence-electron chi connectivity index (χ4n) is 0.691. The quantitative estimate of drug-likeness (QED) is 0.420. The predicted molar refractivity (Wildman–Crippen MR) is 56.3 cm³/mol. The lowest BCUT2D eigenvalue weighted by Crippen LogP contribution is -2.22. The highest BCUT2D eigenvalue weighted by Gasteiger charge is 2.15. The second-order valence-electron chi connectivity index (χ2n) is 3.69. The third-order valence-electron chi connectivity index (χ3n) is 1.20. The molecule has 70 valence electrons. The van der Waals surface area contributed by atoms with Gasteiger partial charge in [-0.1, -0.05) is 6.07 Å². The van der Waals surface area contributed by atoms with Crippen LogP contribution in [0.3, 0.4) is 0 Å². The molecular formula is C9H14N2OSi. The van der Waals surface area contributed by atoms with Crippen molar-refractivity contribution in [2.75, 3.05) is 0 Å². The third kappa shape index (κ3) is 4.42. The highest BCUT2D eigenvalue weighted by atomic mass is 28.4. The maximum atomic E-state index is 5.30. The second-order valence-corrected chi connectivity index (χ2v) is 8.10. The molecule has 0 amide bonds. The molecular weight excluding hydrogens is 180 g/mol. The molecule has 0 N–H and O–H groups in total. The predicted octanol–water partition coefficient (Wildman–Crippen LogP) is 2.27. The molecule has 0 atom stereocenters. The Morgan fingerprint density at radius 3 is 2.69 bits per heavy atom. The van der Waals surface area contributed by atoms with Crippen LogP contribution in [-0.2, 0) is 4.53 Å². The fraction of sp³-hybridized carbons (Fsp3) is 0.333. The molecule has 0 saturated carbocycles. The Morgan fingerprint density at radius 1 is 1.38 bits per heavy atom. The zero-order valence-electron chi connectivity index (χ0n) is 8.19. The Morgan fingerprint density at radius 2 is 2.15 bits per heavy atom. The summed E-state index contributed by atoms with van der Waals surface area (Å²) in [6.45, 7) is 6.26. The molecule has 1 heterocycles. The van der Waals surface area contributed by atoms with Crippen LogP contribution in [0.4, 0.5) is 0 Å². The van der Waals surface area contributed by atoms with Gasteiger partial charge in [-0.2, -0.15) is 0 Å². The summed E-state index contributed by atoms with van der Waals surface area (Å²) in [5.41, 5.74) is 0.820. The minimum absolute atomic E-state index is 0.820. The lowest BCUT2D eigenvalue weighted by molar-refractivity contribution is 0.338. The van der Waals surface area contributed by atoms with Crippen LogP contribution >= 0.6 is 0 Å². The third-order valence-corrected chi connectivity index (χ3v) is 1.85. The second kappa shape index (κ2) is 4.18. The normalized spacial score (nSPS) is 11.9. The molecule has 0 spiro atoms. The van der Waals surface area contributed by atoms with Crippen LogP contribution in [0.5, 0.6) is 0 Å². The lowest BCUT2D eigenvalue weighted by atomic mass is 10.4. The molecule has 0 bridgehead atoms. The Labute approximate surface area is 79.6 Å². The first-order valence-corrected chi connectivity index (χ1v) is 7.61. The van der Waals surface area contributed by atoms with Gasteiger partial charge >= 0.3 is 0 Å². The number of rotatable bonds is 3. The number of nitrogens with zero attached hydrogens (tertiary/aromatic N) is 2. The van der Waals surface area contributed by atoms with Crippen LogP contribution in [0.15, 0.2) is 29.6 Å². The van der Waals surface area contributed by atoms with Crippen molar-refractivity contribution >= 4 is 14.5 Å². The van der Waals surface area contributed by atoms with Gasteiger partial charge in [-0.05, 0) is 31.8 Å². The van der Waals surface area contributed by atoms with E-state index in [0.29, 0.717) is 0 Å². The zero-order valence-corrected chi connectivity index (χ0v) is 9.19. The Bertz CT molecular complexity index is 279. The lowest BCUT2D eigenvalue weighted by Gasteiger charge is -2.11. The Balaban J connectivity index is 2.51. The summed E-state index contributed by atoms with van der Waals surface area (Å²) in [5.74, 6) is 0. The summed E-state index contributed by atoms with van der Waals surface area (Å²) >= 11 is 0. The van der Waals surface area contributed by atoms with Crippen molar-refractivity contribution in [3.8, 4) is 0 Å². The molecule has 0 saturated heterocycles. The summed E-state index contributed by atoms with van der Waals surface area (Å²) in [6.07, 6.45) is 3.37. The van der Waals surface area contributed by atoms with Crippen molar-refractivity contribution in [2.45, 2.75) is 19.6 Å². The smallest absolute Gasteiger partial charge is 0.278 e. The van der Waals surface area contributed by atoms with Crippen LogP contribution < -0.4 is 0 Å². The molecule has 13 heavy (non-hydrogen) atoms. The van der Waals surface area contributed by atoms with Crippen molar-refractivity contribution in [3.05, 3.63) is 30.1 Å². The van der Waals surface area contributed by atoms with E-state index in [9.17, 15) is 0 Å². The number of aromatic nitrogens is 1. The van der Waals surface area contributed by atoms with Crippen molar-refractivity contribution in [1.29, 1.82) is 0 Å². The van der Waals surface area contributed by atoms with Crippen molar-refractivity contribution in [2.24, 2.45) is 5.16 Å². The van der Waals surface area contributed by atoms with Gasteiger partial charge in [-0.3, -0.25) is 4.98 Å². The van der Waals surface area contributed by atoms with E-state index in [0.717, 1.165) is 5.69 Å². The van der Waals surface area contributed by atoms with E-state index in [4.69, 9.17) is 4.53 Å². The average Bonchev–Trinajstić information content (AvgIpc) is 2.04. The van der Waals surface area contributed by atoms with Crippen LogP contribution in [-0.4, -0.2) is 19.5 Å². The topological polar surface area (TPSA) is 34.5 Å². The molecule has 0 aromatic carbocycles. The van der Waals surface area contributed by atoms with Gasteiger partial charge in [0.15, 0.2) is 0 Å². The number of pyridine rings is 1. The SMILES string of the molecule is C[Si](C)(C)ON=Cc1ccccn1. The van der Waals surface area contributed by atoms with Gasteiger partial charge in [0.2, 0.25) is 0 Å². The van der Waals surface area contributed by atoms with Crippen LogP contribution in [0.1, 0.15) is 5.69 Å². The molecule has 4 heteroatoms. The molecule has 1 rings (SSSR count). The van der Waals surface area contributed by atoms with Gasteiger partial charge in [0.25, 0.3) is 8.32 Å². The maximum Gasteiger partial charge on any atom is 0.278 e. The minimum atomic E-state index is -1.54. The summed E-state index contributed by atoms with van der Waals surface area (Å²) in [5, 5.41) is 3.89. The largest absolute Gasteiger partial charge is 0.456 e. The maximum absolute atomic E-state index is 5.30. The van der Waals surface area contributed by atoms with E-state index in [2.05, 4.69) is 29.8 Å². The molecule has 0 unspecified atom stereocenters. The van der Waals surface area contributed by atoms with E-state index in [1.54, 1.807) is 12.4 Å². The number of hydrogen-bond acceptors (Lipinski definition) is 3. The summed E-state index contributed by atoms with van der Waals surface area (Å²) in [4.78, 5) is 4.08. The Kier molecular flexibility index (Phi) is 3.19. The van der Waals surface area contributed by atoms with E-state index < -0.39 is 8.32 Å². The zero-order chi connectivity index (χ0) is 9.73. The molecule has 1 aromatic heterocycles. The van der Waals surface area contributed by atoms with E-state index in [1.807, 2.05) is 18.2 Å². The molecule has 3 nitrogen and oxygen atoms in total. The highest BCUT2D eigenvalue weighted by Crippen LogP contribution is 2.02. The molecule has 0 aliphatic heterocycles. The average molecular weight is 194 g/mol. The molecule has 0 radical (unpaired) electrons. The van der Waals surface area contributed by atoms with Gasteiger partial charge in [-0.15, -0.1) is 5.16 Å². The van der Waals surface area contributed by atoms with Crippen LogP contribution in [0, 0.1) is 0 Å². The van der Waals surface area contributed by atoms with Gasteiger partial charge < -0.3 is 4.53 Å². The van der Waals surface area contributed by atoms with Crippen molar-refractivity contribution < 1.29 is 4.53 Å². The fourth-order valence-corrected chi connectivity index (χ4v) is 1.06. The van der Waals surface area contributed by atoms with Gasteiger partial charge in [0, 0.05) is 6.20 Å². The van der Waals surface area contributed by atoms with Crippen molar-refractivity contribution in [1.82, 2.24) is 4.98 Å². The number of hydrogen-bond donors (Lipinski definition) is 0. The highest BCUT2D eigenvalue weighted by molar-refractivity contribution is 6.69. The van der Waals surface area contributed by atoms with Crippen molar-refractivity contribution in [3.63, 3.8) is 0 Å². The first-order valence-electron chi connectivity index (χ1n) is 4.20. The van der Waals surface area contributed by atoms with E-state index in [-0.39, 0.29) is 0 Å². The molecule has 0 fully saturated rings. The van der Waals surface area contributed by atoms with Crippen LogP contribution in [0.25, 0.3) is 0 Å². The molecule has 0 aliphatic rings. The summed E-state index contributed by atoms with van der Waals surface area (Å²) < 4.78 is 5.30. The molecule has 0 aliphatic carbocycles. The Hall–Kier alpha value is -1.16. The number of oxime groups is 1. The first kappa shape index (κ1) is 9.92. The monoisotopic (exact) mass is 194 g/mol. The summed E-state index contributed by atoms with van der Waals surface area (Å²) in [7, 11) is -1.54. The van der Waals surface area contributed by atoms with Gasteiger partial charge in [-0.25, -0.2) is 0 Å². The molecule has 1 aromatic rings. The summed E-state index contributed by atoms with van der Waals surface area (Å²) in [6, 6.07) is 5.68. The van der Waals surface area contributed by atoms with E-state index in [1.165, 1.54) is 0 Å². The van der Waals surface area contributed by atoms with Gasteiger partial charge in [0.05, 0.1) is 11.9 Å². The minimum Gasteiger partial charge on any atom is -0.456 e. The van der Waals surface area contributed by atoms with Crippen LogP contribution in [0.2, 0.25) is 19.6 Å².